The van der Waals surface area contributed by atoms with E-state index in [4.69, 9.17) is 10.5 Å². The van der Waals surface area contributed by atoms with Crippen LogP contribution in [-0.2, 0) is 26.5 Å². The molecule has 0 aromatic heterocycles. The van der Waals surface area contributed by atoms with Crippen LogP contribution in [0.2, 0.25) is 18.6 Å². The van der Waals surface area contributed by atoms with Crippen LogP contribution in [0.5, 0.6) is 0 Å². The highest BCUT2D eigenvalue weighted by Gasteiger charge is 2.65. The number of aliphatic hydroxyl groups excluding tert-OH is 1. The van der Waals surface area contributed by atoms with Crippen LogP contribution in [0.25, 0.3) is 0 Å². The van der Waals surface area contributed by atoms with Crippen LogP contribution >= 0.6 is 0 Å². The van der Waals surface area contributed by atoms with Gasteiger partial charge in [0.05, 0.1) is 19.1 Å². The van der Waals surface area contributed by atoms with Gasteiger partial charge in [0.25, 0.3) is 11.8 Å². The topological polar surface area (TPSA) is 134 Å². The fourth-order valence-corrected chi connectivity index (χ4v) is 8.99. The Balaban J connectivity index is 1.44. The Bertz CT molecular complexity index is 1510. The summed E-state index contributed by atoms with van der Waals surface area (Å²) in [6, 6.07) is 21.0. The lowest BCUT2D eigenvalue weighted by Gasteiger charge is -2.31. The number of halogens is 1. The number of carbonyl (C=O) groups excluding carboxylic acids is 3. The molecule has 3 aromatic carbocycles. The van der Waals surface area contributed by atoms with Crippen LogP contribution in [-0.4, -0.2) is 55.4 Å². The number of anilines is 3. The van der Waals surface area contributed by atoms with E-state index in [0.29, 0.717) is 28.2 Å². The van der Waals surface area contributed by atoms with Crippen LogP contribution in [0.1, 0.15) is 34.8 Å². The summed E-state index contributed by atoms with van der Waals surface area (Å²) in [5.74, 6) is -1.67. The van der Waals surface area contributed by atoms with E-state index in [-0.39, 0.29) is 37.9 Å². The number of benzene rings is 3. The Hall–Kier alpha value is -4.06. The first-order valence-electron chi connectivity index (χ1n) is 14.4. The summed E-state index contributed by atoms with van der Waals surface area (Å²) in [6.07, 6.45) is -1.00. The lowest BCUT2D eigenvalue weighted by molar-refractivity contribution is -0.148. The van der Waals surface area contributed by atoms with Crippen LogP contribution in [0.15, 0.2) is 72.8 Å². The van der Waals surface area contributed by atoms with E-state index in [1.54, 1.807) is 62.5 Å². The molecule has 0 radical (unpaired) electrons. The molecule has 5 N–H and O–H groups in total. The average molecular weight is 605 g/mol. The highest BCUT2D eigenvalue weighted by Crippen LogP contribution is 2.59. The first-order chi connectivity index (χ1) is 20.4. The van der Waals surface area contributed by atoms with Gasteiger partial charge < -0.3 is 35.2 Å². The molecule has 3 aromatic rings. The molecular formula is C32H37FN4O5Si. The van der Waals surface area contributed by atoms with Gasteiger partial charge in [-0.25, -0.2) is 0 Å². The third kappa shape index (κ3) is 5.92. The lowest BCUT2D eigenvalue weighted by Crippen LogP contribution is -2.42. The molecule has 0 bridgehead atoms. The Labute approximate surface area is 251 Å². The van der Waals surface area contributed by atoms with Crippen molar-refractivity contribution in [3.63, 3.8) is 0 Å². The molecule has 5 rings (SSSR count). The number of ether oxygens (including phenoxy) is 1. The van der Waals surface area contributed by atoms with E-state index in [1.165, 1.54) is 4.90 Å². The smallest absolute Gasteiger partial charge is 0.261 e. The third-order valence-electron chi connectivity index (χ3n) is 8.46. The second-order valence-corrected chi connectivity index (χ2v) is 15.6. The van der Waals surface area contributed by atoms with Gasteiger partial charge in [0.1, 0.15) is 0 Å². The standard InChI is InChI=1S/C32H37FN4O5Si/c1-20-29(43(2,3)33)27(18-28(39)37(15-16-38)19-21-7-5-4-6-8-21)42-32(20)25-17-24(13-14-26(25)36-31(32)41)35-30(40)22-9-11-23(34)12-10-22/h4-14,17,20,27,29,38H,15-16,18-19,34H2,1-3H3,(H,35,40)(H,36,41)/t20-,27+,29-,32+/m1/s1. The average Bonchev–Trinajstić information content (AvgIpc) is 3.41. The largest absolute Gasteiger partial charge is 0.399 e. The SMILES string of the molecule is C[C@@H]1[C@@H]([Si](C)(C)F)[C@H](CC(=O)N(CCO)Cc2ccccc2)O[C@@]12C(=O)Nc1ccc(NC(=O)c3ccc(N)cc3)cc12. The molecule has 1 saturated heterocycles. The summed E-state index contributed by atoms with van der Waals surface area (Å²) in [5, 5.41) is 15.4. The molecule has 9 nitrogen and oxygen atoms in total. The number of fused-ring (bicyclic) bond motifs is 2. The summed E-state index contributed by atoms with van der Waals surface area (Å²) >= 11 is 0. The van der Waals surface area contributed by atoms with Gasteiger partial charge in [-0.1, -0.05) is 37.3 Å². The zero-order valence-electron chi connectivity index (χ0n) is 24.5. The van der Waals surface area contributed by atoms with Crippen molar-refractivity contribution in [3.8, 4) is 0 Å². The molecule has 4 atom stereocenters. The molecule has 1 fully saturated rings. The minimum absolute atomic E-state index is 0.114. The van der Waals surface area contributed by atoms with Crippen molar-refractivity contribution >= 4 is 43.2 Å². The highest BCUT2D eigenvalue weighted by molar-refractivity contribution is 6.72. The van der Waals surface area contributed by atoms with Gasteiger partial charge in [0.15, 0.2) is 5.60 Å². The Morgan fingerprint density at radius 2 is 1.81 bits per heavy atom. The van der Waals surface area contributed by atoms with Gasteiger partial charge in [-0.2, -0.15) is 0 Å². The normalized spacial score (nSPS) is 22.7. The lowest BCUT2D eigenvalue weighted by atomic mass is 9.82. The molecule has 0 unspecified atom stereocenters. The zero-order valence-corrected chi connectivity index (χ0v) is 25.5. The number of nitrogens with zero attached hydrogens (tertiary/aromatic N) is 1. The Morgan fingerprint density at radius 3 is 2.47 bits per heavy atom. The van der Waals surface area contributed by atoms with Gasteiger partial charge in [-0.3, -0.25) is 14.4 Å². The fourth-order valence-electron chi connectivity index (χ4n) is 6.50. The van der Waals surface area contributed by atoms with Crippen molar-refractivity contribution in [3.05, 3.63) is 89.5 Å². The van der Waals surface area contributed by atoms with Crippen molar-refractivity contribution in [1.82, 2.24) is 4.90 Å². The maximum atomic E-state index is 16.0. The molecule has 226 valence electrons. The van der Waals surface area contributed by atoms with Crippen LogP contribution < -0.4 is 16.4 Å². The van der Waals surface area contributed by atoms with Gasteiger partial charge in [0, 0.05) is 52.7 Å². The predicted molar refractivity (Wildman–Crippen MR) is 165 cm³/mol. The number of nitrogens with two attached hydrogens (primary N) is 1. The van der Waals surface area contributed by atoms with E-state index in [1.807, 2.05) is 30.3 Å². The monoisotopic (exact) mass is 604 g/mol. The van der Waals surface area contributed by atoms with E-state index in [0.717, 1.165) is 5.56 Å². The summed E-state index contributed by atoms with van der Waals surface area (Å²) in [4.78, 5) is 41.7. The quantitative estimate of drug-likeness (QED) is 0.160. The zero-order chi connectivity index (χ0) is 30.9. The molecular weight excluding hydrogens is 567 g/mol. The molecule has 1 spiro atoms. The van der Waals surface area contributed by atoms with E-state index in [2.05, 4.69) is 10.6 Å². The Morgan fingerprint density at radius 1 is 1.12 bits per heavy atom. The number of carbonyl (C=O) groups is 3. The van der Waals surface area contributed by atoms with Crippen LogP contribution in [0, 0.1) is 5.92 Å². The molecule has 0 saturated carbocycles. The van der Waals surface area contributed by atoms with Gasteiger partial charge >= 0.3 is 0 Å². The second kappa shape index (κ2) is 11.9. The summed E-state index contributed by atoms with van der Waals surface area (Å²) < 4.78 is 22.6. The number of aliphatic hydroxyl groups is 1. The predicted octanol–water partition coefficient (Wildman–Crippen LogP) is 4.66. The highest BCUT2D eigenvalue weighted by atomic mass is 28.4. The molecule has 2 aliphatic rings. The minimum atomic E-state index is -3.48. The summed E-state index contributed by atoms with van der Waals surface area (Å²) in [6.45, 7) is 5.11. The maximum absolute atomic E-state index is 16.0. The first-order valence-corrected chi connectivity index (χ1v) is 17.3. The van der Waals surface area contributed by atoms with E-state index in [9.17, 15) is 19.5 Å². The van der Waals surface area contributed by atoms with Crippen LogP contribution in [0.4, 0.5) is 21.2 Å². The van der Waals surface area contributed by atoms with Gasteiger partial charge in [-0.15, -0.1) is 0 Å². The maximum Gasteiger partial charge on any atom is 0.261 e. The molecule has 43 heavy (non-hydrogen) atoms. The molecule has 2 aliphatic heterocycles. The number of hydrogen-bond donors (Lipinski definition) is 4. The number of rotatable bonds is 9. The van der Waals surface area contributed by atoms with Crippen molar-refractivity contribution in [2.75, 3.05) is 29.5 Å². The molecule has 3 amide bonds. The number of hydrogen-bond acceptors (Lipinski definition) is 6. The molecule has 2 heterocycles. The minimum Gasteiger partial charge on any atom is -0.399 e. The van der Waals surface area contributed by atoms with Crippen molar-refractivity contribution in [2.45, 2.75) is 50.2 Å². The second-order valence-electron chi connectivity index (χ2n) is 11.8. The summed E-state index contributed by atoms with van der Waals surface area (Å²) in [5.41, 5.74) is 6.83. The van der Waals surface area contributed by atoms with E-state index < -0.39 is 37.5 Å². The number of amides is 3. The van der Waals surface area contributed by atoms with Crippen molar-refractivity contribution in [1.29, 1.82) is 0 Å². The van der Waals surface area contributed by atoms with Gasteiger partial charge in [0.2, 0.25) is 14.3 Å². The molecule has 0 aliphatic carbocycles. The number of nitrogens with one attached hydrogen (secondary N) is 2. The molecule has 11 heteroatoms. The first kappa shape index (κ1) is 30.4. The van der Waals surface area contributed by atoms with Crippen molar-refractivity contribution < 1.29 is 28.3 Å². The Kier molecular flexibility index (Phi) is 8.42. The summed E-state index contributed by atoms with van der Waals surface area (Å²) in [7, 11) is -3.48. The number of nitrogen functional groups attached to an aromatic ring is 1. The van der Waals surface area contributed by atoms with Crippen LogP contribution in [0.3, 0.4) is 0 Å². The fraction of sp³-hybridized carbons (Fsp3) is 0.344. The van der Waals surface area contributed by atoms with E-state index >= 15 is 4.11 Å². The van der Waals surface area contributed by atoms with Crippen molar-refractivity contribution in [2.24, 2.45) is 5.92 Å². The third-order valence-corrected chi connectivity index (χ3v) is 10.9. The van der Waals surface area contributed by atoms with Gasteiger partial charge in [-0.05, 0) is 61.1 Å².